The van der Waals surface area contributed by atoms with Crippen molar-refractivity contribution in [2.24, 2.45) is 0 Å². The summed E-state index contributed by atoms with van der Waals surface area (Å²) < 4.78 is 12.7. The van der Waals surface area contributed by atoms with E-state index in [1.54, 1.807) is 0 Å². The van der Waals surface area contributed by atoms with Gasteiger partial charge in [0.05, 0.1) is 6.61 Å². The molecule has 1 rings (SSSR count). The van der Waals surface area contributed by atoms with Crippen LogP contribution in [0.3, 0.4) is 0 Å². The summed E-state index contributed by atoms with van der Waals surface area (Å²) in [7, 11) is 0. The fraction of sp³-hybridized carbons (Fsp3) is 0.429. The molecule has 1 aromatic rings. The molecule has 6 heteroatoms. The van der Waals surface area contributed by atoms with Crippen molar-refractivity contribution < 1.29 is 19.1 Å². The fourth-order valence-electron chi connectivity index (χ4n) is 1.71. The summed E-state index contributed by atoms with van der Waals surface area (Å²) in [5.74, 6) is -1.74. The lowest BCUT2D eigenvalue weighted by molar-refractivity contribution is -0.146. The monoisotopic (exact) mass is 282 g/mol. The number of hydrogen-bond acceptors (Lipinski definition) is 3. The molecule has 2 N–H and O–H groups in total. The van der Waals surface area contributed by atoms with Crippen LogP contribution in [0.4, 0.5) is 4.39 Å². The molecule has 0 aliphatic rings. The first-order valence-electron chi connectivity index (χ1n) is 6.51. The van der Waals surface area contributed by atoms with Crippen LogP contribution in [0.15, 0.2) is 24.3 Å². The van der Waals surface area contributed by atoms with E-state index in [2.05, 4.69) is 5.32 Å². The van der Waals surface area contributed by atoms with Crippen LogP contribution >= 0.6 is 0 Å². The van der Waals surface area contributed by atoms with Gasteiger partial charge in [0, 0.05) is 19.6 Å². The standard InChI is InChI=1S/C14H19FN2O3/c1-2-7-17(8-9-18)14(20)13(19)16-10-11-3-5-12(15)6-4-11/h3-6,18H,2,7-10H2,1H3,(H,16,19). The number of carbonyl (C=O) groups excluding carboxylic acids is 2. The van der Waals surface area contributed by atoms with Gasteiger partial charge in [0.2, 0.25) is 0 Å². The third kappa shape index (κ3) is 4.97. The average molecular weight is 282 g/mol. The summed E-state index contributed by atoms with van der Waals surface area (Å²) >= 11 is 0. The predicted octanol–water partition coefficient (Wildman–Crippen LogP) is 0.673. The summed E-state index contributed by atoms with van der Waals surface area (Å²) in [6, 6.07) is 5.66. The van der Waals surface area contributed by atoms with Gasteiger partial charge in [-0.15, -0.1) is 0 Å². The maximum absolute atomic E-state index is 12.7. The second kappa shape index (κ2) is 8.27. The van der Waals surface area contributed by atoms with E-state index in [1.807, 2.05) is 6.92 Å². The van der Waals surface area contributed by atoms with E-state index in [-0.39, 0.29) is 25.5 Å². The third-order valence-corrected chi connectivity index (χ3v) is 2.71. The van der Waals surface area contributed by atoms with Gasteiger partial charge < -0.3 is 15.3 Å². The van der Waals surface area contributed by atoms with Gasteiger partial charge >= 0.3 is 11.8 Å². The number of carbonyl (C=O) groups is 2. The molecular weight excluding hydrogens is 263 g/mol. The maximum Gasteiger partial charge on any atom is 0.311 e. The Kier molecular flexibility index (Phi) is 6.66. The van der Waals surface area contributed by atoms with Gasteiger partial charge in [-0.25, -0.2) is 4.39 Å². The molecule has 0 fully saturated rings. The molecule has 0 radical (unpaired) electrons. The maximum atomic E-state index is 12.7. The highest BCUT2D eigenvalue weighted by atomic mass is 19.1. The van der Waals surface area contributed by atoms with Crippen LogP contribution in [0.2, 0.25) is 0 Å². The van der Waals surface area contributed by atoms with Gasteiger partial charge in [0.25, 0.3) is 0 Å². The Bertz CT molecular complexity index is 442. The van der Waals surface area contributed by atoms with Crippen LogP contribution < -0.4 is 5.32 Å². The van der Waals surface area contributed by atoms with Crippen molar-refractivity contribution >= 4 is 11.8 Å². The van der Waals surface area contributed by atoms with E-state index >= 15 is 0 Å². The number of rotatable bonds is 6. The van der Waals surface area contributed by atoms with Crippen LogP contribution in [0, 0.1) is 5.82 Å². The molecule has 0 atom stereocenters. The second-order valence-corrected chi connectivity index (χ2v) is 4.32. The number of aliphatic hydroxyl groups is 1. The molecule has 0 saturated carbocycles. The van der Waals surface area contributed by atoms with Crippen molar-refractivity contribution in [1.29, 1.82) is 0 Å². The quantitative estimate of drug-likeness (QED) is 0.754. The molecule has 0 bridgehead atoms. The minimum Gasteiger partial charge on any atom is -0.395 e. The molecule has 2 amide bonds. The molecule has 20 heavy (non-hydrogen) atoms. The minimum atomic E-state index is -0.726. The topological polar surface area (TPSA) is 69.6 Å². The zero-order chi connectivity index (χ0) is 15.0. The van der Waals surface area contributed by atoms with Crippen LogP contribution in [0.1, 0.15) is 18.9 Å². The van der Waals surface area contributed by atoms with Crippen LogP contribution in [0.5, 0.6) is 0 Å². The number of nitrogens with zero attached hydrogens (tertiary/aromatic N) is 1. The molecule has 0 aliphatic carbocycles. The Labute approximate surface area is 117 Å². The number of hydrogen-bond donors (Lipinski definition) is 2. The van der Waals surface area contributed by atoms with E-state index < -0.39 is 11.8 Å². The summed E-state index contributed by atoms with van der Waals surface area (Å²) in [5.41, 5.74) is 0.705. The molecule has 5 nitrogen and oxygen atoms in total. The Morgan fingerprint density at radius 3 is 2.45 bits per heavy atom. The Balaban J connectivity index is 2.52. The summed E-state index contributed by atoms with van der Waals surface area (Å²) in [6.45, 7) is 2.41. The van der Waals surface area contributed by atoms with E-state index in [9.17, 15) is 14.0 Å². The minimum absolute atomic E-state index is 0.136. The molecule has 1 aromatic carbocycles. The fourth-order valence-corrected chi connectivity index (χ4v) is 1.71. The highest BCUT2D eigenvalue weighted by molar-refractivity contribution is 6.34. The Morgan fingerprint density at radius 2 is 1.90 bits per heavy atom. The number of aliphatic hydroxyl groups excluding tert-OH is 1. The zero-order valence-corrected chi connectivity index (χ0v) is 11.4. The number of amides is 2. The Hall–Kier alpha value is -1.95. The second-order valence-electron chi connectivity index (χ2n) is 4.32. The van der Waals surface area contributed by atoms with Crippen molar-refractivity contribution in [3.8, 4) is 0 Å². The molecular formula is C14H19FN2O3. The molecule has 110 valence electrons. The largest absolute Gasteiger partial charge is 0.395 e. The molecule has 0 heterocycles. The SMILES string of the molecule is CCCN(CCO)C(=O)C(=O)NCc1ccc(F)cc1. The number of halogens is 1. The molecule has 0 saturated heterocycles. The van der Waals surface area contributed by atoms with Gasteiger partial charge in [-0.05, 0) is 24.1 Å². The lowest BCUT2D eigenvalue weighted by Crippen LogP contribution is -2.44. The lowest BCUT2D eigenvalue weighted by atomic mass is 10.2. The van der Waals surface area contributed by atoms with Crippen molar-refractivity contribution in [1.82, 2.24) is 10.2 Å². The highest BCUT2D eigenvalue weighted by Crippen LogP contribution is 2.02. The van der Waals surface area contributed by atoms with Crippen LogP contribution in [-0.2, 0) is 16.1 Å². The predicted molar refractivity (Wildman–Crippen MR) is 72.2 cm³/mol. The number of nitrogens with one attached hydrogen (secondary N) is 1. The first-order chi connectivity index (χ1) is 9.58. The normalized spacial score (nSPS) is 10.2. The molecule has 0 unspecified atom stereocenters. The third-order valence-electron chi connectivity index (χ3n) is 2.71. The lowest BCUT2D eigenvalue weighted by Gasteiger charge is -2.20. The summed E-state index contributed by atoms with van der Waals surface area (Å²) in [6.07, 6.45) is 0.705. The summed E-state index contributed by atoms with van der Waals surface area (Å²) in [4.78, 5) is 24.9. The summed E-state index contributed by atoms with van der Waals surface area (Å²) in [5, 5.41) is 11.3. The van der Waals surface area contributed by atoms with Crippen molar-refractivity contribution in [3.05, 3.63) is 35.6 Å². The van der Waals surface area contributed by atoms with Gasteiger partial charge in [-0.2, -0.15) is 0 Å². The van der Waals surface area contributed by atoms with E-state index in [4.69, 9.17) is 5.11 Å². The molecule has 0 aliphatic heterocycles. The average Bonchev–Trinajstić information content (AvgIpc) is 2.45. The zero-order valence-electron chi connectivity index (χ0n) is 11.4. The van der Waals surface area contributed by atoms with Crippen molar-refractivity contribution in [3.63, 3.8) is 0 Å². The number of benzene rings is 1. The molecule has 0 aromatic heterocycles. The van der Waals surface area contributed by atoms with Crippen molar-refractivity contribution in [2.75, 3.05) is 19.7 Å². The van der Waals surface area contributed by atoms with Gasteiger partial charge in [-0.1, -0.05) is 19.1 Å². The van der Waals surface area contributed by atoms with Crippen LogP contribution in [-0.4, -0.2) is 41.5 Å². The van der Waals surface area contributed by atoms with Crippen molar-refractivity contribution in [2.45, 2.75) is 19.9 Å². The highest BCUT2D eigenvalue weighted by Gasteiger charge is 2.20. The van der Waals surface area contributed by atoms with E-state index in [0.717, 1.165) is 0 Å². The van der Waals surface area contributed by atoms with Crippen LogP contribution in [0.25, 0.3) is 0 Å². The van der Waals surface area contributed by atoms with Gasteiger partial charge in [0.15, 0.2) is 0 Å². The smallest absolute Gasteiger partial charge is 0.311 e. The Morgan fingerprint density at radius 1 is 1.25 bits per heavy atom. The van der Waals surface area contributed by atoms with Gasteiger partial charge in [-0.3, -0.25) is 9.59 Å². The van der Waals surface area contributed by atoms with Gasteiger partial charge in [0.1, 0.15) is 5.82 Å². The first kappa shape index (κ1) is 16.1. The van der Waals surface area contributed by atoms with E-state index in [1.165, 1.54) is 29.2 Å². The molecule has 0 spiro atoms. The van der Waals surface area contributed by atoms with E-state index in [0.29, 0.717) is 18.5 Å². The first-order valence-corrected chi connectivity index (χ1v) is 6.51.